The normalized spacial score (nSPS) is 11.9. The number of hydrogen-bond acceptors (Lipinski definition) is 8. The summed E-state index contributed by atoms with van der Waals surface area (Å²) in [4.78, 5) is 27.0. The van der Waals surface area contributed by atoms with Gasteiger partial charge in [-0.05, 0) is 43.3 Å². The lowest BCUT2D eigenvalue weighted by molar-refractivity contribution is 0.602. The maximum absolute atomic E-state index is 13.9. The standard InChI is InChI=1S/C29H24N6O3S/c1-19(33-27-22(26(30)31-18-32-27)17-16-20-10-5-3-6-11-20)28-34-23-14-9-15-24(39(2,37)38)25(23)29(36)35(28)21-12-7-4-8-13-21/h3-15,18-19H,1-2H3,(H3,30,31,32,33). The number of nitrogens with one attached hydrogen (secondary N) is 1. The van der Waals surface area contributed by atoms with Crippen LogP contribution in [0, 0.1) is 11.8 Å². The summed E-state index contributed by atoms with van der Waals surface area (Å²) in [7, 11) is -3.69. The van der Waals surface area contributed by atoms with Gasteiger partial charge in [0.1, 0.15) is 29.4 Å². The average Bonchev–Trinajstić information content (AvgIpc) is 2.93. The van der Waals surface area contributed by atoms with Crippen molar-refractivity contribution in [1.82, 2.24) is 19.5 Å². The summed E-state index contributed by atoms with van der Waals surface area (Å²) in [6.07, 6.45) is 2.40. The topological polar surface area (TPSA) is 133 Å². The molecule has 0 aliphatic heterocycles. The minimum absolute atomic E-state index is 0.0282. The van der Waals surface area contributed by atoms with Gasteiger partial charge in [-0.2, -0.15) is 0 Å². The monoisotopic (exact) mass is 536 g/mol. The molecule has 9 nitrogen and oxygen atoms in total. The van der Waals surface area contributed by atoms with Crippen molar-refractivity contribution in [3.8, 4) is 17.5 Å². The number of nitrogens with zero attached hydrogens (tertiary/aromatic N) is 4. The van der Waals surface area contributed by atoms with Crippen LogP contribution >= 0.6 is 0 Å². The van der Waals surface area contributed by atoms with Crippen molar-refractivity contribution in [2.24, 2.45) is 0 Å². The van der Waals surface area contributed by atoms with Crippen LogP contribution in [0.3, 0.4) is 0 Å². The molecule has 2 aromatic heterocycles. The minimum atomic E-state index is -3.69. The van der Waals surface area contributed by atoms with E-state index >= 15 is 0 Å². The van der Waals surface area contributed by atoms with Crippen LogP contribution < -0.4 is 16.6 Å². The second-order valence-electron chi connectivity index (χ2n) is 8.83. The van der Waals surface area contributed by atoms with Gasteiger partial charge in [-0.25, -0.2) is 23.4 Å². The maximum atomic E-state index is 13.9. The number of fused-ring (bicyclic) bond motifs is 1. The molecule has 0 saturated carbocycles. The molecule has 0 saturated heterocycles. The first-order valence-electron chi connectivity index (χ1n) is 12.0. The van der Waals surface area contributed by atoms with Crippen molar-refractivity contribution < 1.29 is 8.42 Å². The van der Waals surface area contributed by atoms with E-state index in [1.807, 2.05) is 43.3 Å². The number of para-hydroxylation sites is 1. The van der Waals surface area contributed by atoms with Gasteiger partial charge in [-0.1, -0.05) is 54.3 Å². The fourth-order valence-corrected chi connectivity index (χ4v) is 5.09. The van der Waals surface area contributed by atoms with Gasteiger partial charge in [-0.3, -0.25) is 9.36 Å². The fraction of sp³-hybridized carbons (Fsp3) is 0.103. The molecule has 5 aromatic rings. The average molecular weight is 537 g/mol. The van der Waals surface area contributed by atoms with Gasteiger partial charge >= 0.3 is 0 Å². The minimum Gasteiger partial charge on any atom is -0.382 e. The third-order valence-electron chi connectivity index (χ3n) is 6.02. The molecule has 5 rings (SSSR count). The number of sulfone groups is 1. The Morgan fingerprint density at radius 1 is 0.923 bits per heavy atom. The number of rotatable bonds is 5. The van der Waals surface area contributed by atoms with Gasteiger partial charge in [0.05, 0.1) is 27.5 Å². The predicted octanol–water partition coefficient (Wildman–Crippen LogP) is 3.73. The van der Waals surface area contributed by atoms with Crippen LogP contribution in [0.1, 0.15) is 29.9 Å². The van der Waals surface area contributed by atoms with Crippen LogP contribution in [0.15, 0.2) is 94.9 Å². The highest BCUT2D eigenvalue weighted by Crippen LogP contribution is 2.26. The number of anilines is 2. The third kappa shape index (κ3) is 5.21. The molecule has 0 amide bonds. The number of nitrogens with two attached hydrogens (primary N) is 1. The second-order valence-corrected chi connectivity index (χ2v) is 10.8. The van der Waals surface area contributed by atoms with E-state index in [-0.39, 0.29) is 21.6 Å². The second kappa shape index (κ2) is 10.4. The SMILES string of the molecule is CC(Nc1ncnc(N)c1C#Cc1ccccc1)c1nc2cccc(S(C)(=O)=O)c2c(=O)n1-c1ccccc1. The first-order chi connectivity index (χ1) is 18.7. The van der Waals surface area contributed by atoms with Crippen LogP contribution in [-0.4, -0.2) is 34.2 Å². The van der Waals surface area contributed by atoms with Crippen LogP contribution in [0.4, 0.5) is 11.6 Å². The van der Waals surface area contributed by atoms with Gasteiger partial charge in [0, 0.05) is 11.8 Å². The predicted molar refractivity (Wildman–Crippen MR) is 151 cm³/mol. The number of hydrogen-bond donors (Lipinski definition) is 2. The Hall–Kier alpha value is -5.01. The summed E-state index contributed by atoms with van der Waals surface area (Å²) in [6.45, 7) is 1.82. The molecule has 0 spiro atoms. The van der Waals surface area contributed by atoms with Crippen molar-refractivity contribution in [2.45, 2.75) is 17.9 Å². The van der Waals surface area contributed by atoms with Crippen molar-refractivity contribution in [2.75, 3.05) is 17.3 Å². The quantitative estimate of drug-likeness (QED) is 0.325. The lowest BCUT2D eigenvalue weighted by atomic mass is 10.1. The van der Waals surface area contributed by atoms with Gasteiger partial charge in [-0.15, -0.1) is 0 Å². The molecule has 1 atom stereocenters. The summed E-state index contributed by atoms with van der Waals surface area (Å²) in [5.74, 6) is 7.04. The molecule has 10 heteroatoms. The zero-order chi connectivity index (χ0) is 27.6. The first-order valence-corrected chi connectivity index (χ1v) is 13.9. The first kappa shape index (κ1) is 25.6. The Kier molecular flexibility index (Phi) is 6.83. The van der Waals surface area contributed by atoms with Crippen LogP contribution in [-0.2, 0) is 9.84 Å². The van der Waals surface area contributed by atoms with E-state index in [1.54, 1.807) is 36.4 Å². The van der Waals surface area contributed by atoms with Crippen molar-refractivity contribution in [3.63, 3.8) is 0 Å². The highest BCUT2D eigenvalue weighted by atomic mass is 32.2. The Labute approximate surface area is 225 Å². The lowest BCUT2D eigenvalue weighted by Crippen LogP contribution is -2.28. The van der Waals surface area contributed by atoms with Gasteiger partial charge in [0.25, 0.3) is 5.56 Å². The number of aromatic nitrogens is 4. The van der Waals surface area contributed by atoms with E-state index in [0.29, 0.717) is 22.9 Å². The zero-order valence-electron chi connectivity index (χ0n) is 21.2. The molecule has 0 aliphatic carbocycles. The highest BCUT2D eigenvalue weighted by Gasteiger charge is 2.23. The Balaban J connectivity index is 1.67. The van der Waals surface area contributed by atoms with Gasteiger partial charge < -0.3 is 11.1 Å². The summed E-state index contributed by atoms with van der Waals surface area (Å²) in [5, 5.41) is 3.30. The molecular weight excluding hydrogens is 512 g/mol. The fourth-order valence-electron chi connectivity index (χ4n) is 4.20. The van der Waals surface area contributed by atoms with Crippen molar-refractivity contribution in [1.29, 1.82) is 0 Å². The number of nitrogen functional groups attached to an aromatic ring is 1. The Morgan fingerprint density at radius 2 is 1.62 bits per heavy atom. The molecule has 0 bridgehead atoms. The molecule has 194 valence electrons. The van der Waals surface area contributed by atoms with Crippen molar-refractivity contribution >= 4 is 32.4 Å². The van der Waals surface area contributed by atoms with E-state index in [1.165, 1.54) is 17.0 Å². The van der Waals surface area contributed by atoms with E-state index in [4.69, 9.17) is 10.7 Å². The van der Waals surface area contributed by atoms with E-state index in [0.717, 1.165) is 11.8 Å². The highest BCUT2D eigenvalue weighted by molar-refractivity contribution is 7.91. The maximum Gasteiger partial charge on any atom is 0.267 e. The van der Waals surface area contributed by atoms with Crippen LogP contribution in [0.5, 0.6) is 0 Å². The van der Waals surface area contributed by atoms with E-state index in [2.05, 4.69) is 27.1 Å². The summed E-state index contributed by atoms with van der Waals surface area (Å²) < 4.78 is 26.4. The summed E-state index contributed by atoms with van der Waals surface area (Å²) in [5.41, 5.74) is 7.67. The summed E-state index contributed by atoms with van der Waals surface area (Å²) in [6, 6.07) is 22.4. The molecule has 0 aliphatic rings. The Morgan fingerprint density at radius 3 is 2.31 bits per heavy atom. The van der Waals surface area contributed by atoms with Gasteiger partial charge in [0.15, 0.2) is 9.84 Å². The lowest BCUT2D eigenvalue weighted by Gasteiger charge is -2.21. The Bertz CT molecular complexity index is 1910. The molecule has 3 aromatic carbocycles. The summed E-state index contributed by atoms with van der Waals surface area (Å²) >= 11 is 0. The molecule has 39 heavy (non-hydrogen) atoms. The largest absolute Gasteiger partial charge is 0.382 e. The molecule has 3 N–H and O–H groups in total. The van der Waals surface area contributed by atoms with Crippen LogP contribution in [0.2, 0.25) is 0 Å². The molecule has 2 heterocycles. The van der Waals surface area contributed by atoms with Gasteiger partial charge in [0.2, 0.25) is 0 Å². The smallest absolute Gasteiger partial charge is 0.267 e. The van der Waals surface area contributed by atoms with Crippen molar-refractivity contribution in [3.05, 3.63) is 112 Å². The molecule has 0 fully saturated rings. The third-order valence-corrected chi connectivity index (χ3v) is 7.16. The molecule has 1 unspecified atom stereocenters. The van der Waals surface area contributed by atoms with E-state index in [9.17, 15) is 13.2 Å². The molecular formula is C29H24N6O3S. The van der Waals surface area contributed by atoms with Crippen LogP contribution in [0.25, 0.3) is 16.6 Å². The zero-order valence-corrected chi connectivity index (χ0v) is 22.0. The molecule has 0 radical (unpaired) electrons. The number of benzene rings is 3. The van der Waals surface area contributed by atoms with E-state index < -0.39 is 21.4 Å².